The number of carboxylic acids is 1. The lowest BCUT2D eigenvalue weighted by Crippen LogP contribution is -2.09. The number of carboxylic acid groups (broad SMARTS) is 1. The van der Waals surface area contributed by atoms with E-state index < -0.39 is 12.1 Å². The number of carbonyl (C=O) groups is 1. The molecule has 0 saturated carbocycles. The fourth-order valence-electron chi connectivity index (χ4n) is 3.77. The molecule has 1 unspecified atom stereocenters. The Morgan fingerprint density at radius 1 is 0.655 bits per heavy atom. The van der Waals surface area contributed by atoms with Crippen LogP contribution in [-0.4, -0.2) is 22.3 Å². The average molecular weight is 411 g/mol. The number of hydrogen-bond acceptors (Lipinski definition) is 2. The van der Waals surface area contributed by atoms with Crippen LogP contribution in [0.3, 0.4) is 0 Å². The highest BCUT2D eigenvalue weighted by atomic mass is 16.4. The number of rotatable bonds is 23. The van der Waals surface area contributed by atoms with Gasteiger partial charge in [0.25, 0.3) is 0 Å². The molecule has 0 bridgehead atoms. The van der Waals surface area contributed by atoms with E-state index in [0.717, 1.165) is 19.3 Å². The van der Waals surface area contributed by atoms with Crippen molar-refractivity contribution < 1.29 is 15.0 Å². The molecule has 0 fully saturated rings. The van der Waals surface area contributed by atoms with Crippen LogP contribution < -0.4 is 0 Å². The maximum atomic E-state index is 10.4. The molecule has 1 atom stereocenters. The fraction of sp³-hybridized carbons (Fsp3) is 0.885. The number of aliphatic hydroxyl groups excluding tert-OH is 1. The zero-order valence-electron chi connectivity index (χ0n) is 19.4. The van der Waals surface area contributed by atoms with Gasteiger partial charge in [0.1, 0.15) is 0 Å². The first-order chi connectivity index (χ1) is 14.2. The van der Waals surface area contributed by atoms with E-state index in [1.807, 2.05) is 0 Å². The average Bonchev–Trinajstić information content (AvgIpc) is 2.70. The predicted octanol–water partition coefficient (Wildman–Crippen LogP) is 8.20. The topological polar surface area (TPSA) is 57.5 Å². The van der Waals surface area contributed by atoms with Gasteiger partial charge in [-0.25, -0.2) is 0 Å². The first kappa shape index (κ1) is 28.2. The Bertz CT molecular complexity index is 365. The molecule has 3 heteroatoms. The van der Waals surface area contributed by atoms with E-state index in [2.05, 4.69) is 19.1 Å². The molecule has 0 amide bonds. The second kappa shape index (κ2) is 23.4. The number of allylic oxidation sites excluding steroid dienone is 2. The molecule has 0 aromatic carbocycles. The Kier molecular flexibility index (Phi) is 22.8. The molecule has 0 rings (SSSR count). The number of unbranched alkanes of at least 4 members (excludes halogenated alkanes) is 16. The summed E-state index contributed by atoms with van der Waals surface area (Å²) in [5, 5.41) is 18.3. The van der Waals surface area contributed by atoms with Crippen LogP contribution >= 0.6 is 0 Å². The van der Waals surface area contributed by atoms with Gasteiger partial charge in [-0.05, 0) is 38.5 Å². The zero-order chi connectivity index (χ0) is 21.4. The zero-order valence-corrected chi connectivity index (χ0v) is 19.4. The van der Waals surface area contributed by atoms with Crippen molar-refractivity contribution in [3.8, 4) is 0 Å². The van der Waals surface area contributed by atoms with Crippen LogP contribution in [0.4, 0.5) is 0 Å². The van der Waals surface area contributed by atoms with Gasteiger partial charge in [-0.3, -0.25) is 4.79 Å². The van der Waals surface area contributed by atoms with Crippen LogP contribution in [0, 0.1) is 0 Å². The van der Waals surface area contributed by atoms with E-state index in [9.17, 15) is 9.90 Å². The summed E-state index contributed by atoms with van der Waals surface area (Å²) in [6, 6.07) is 0. The lowest BCUT2D eigenvalue weighted by Gasteiger charge is -2.08. The smallest absolute Gasteiger partial charge is 0.303 e. The van der Waals surface area contributed by atoms with Crippen molar-refractivity contribution >= 4 is 5.97 Å². The Morgan fingerprint density at radius 2 is 1.07 bits per heavy atom. The summed E-state index contributed by atoms with van der Waals surface area (Å²) in [4.78, 5) is 10.4. The second-order valence-corrected chi connectivity index (χ2v) is 8.73. The predicted molar refractivity (Wildman–Crippen MR) is 125 cm³/mol. The van der Waals surface area contributed by atoms with Crippen LogP contribution in [0.1, 0.15) is 142 Å². The third kappa shape index (κ3) is 25.1. The molecule has 0 saturated heterocycles. The Balaban J connectivity index is 3.15. The first-order valence-electron chi connectivity index (χ1n) is 12.7. The van der Waals surface area contributed by atoms with E-state index in [0.29, 0.717) is 6.42 Å². The van der Waals surface area contributed by atoms with Crippen LogP contribution in [0.2, 0.25) is 0 Å². The van der Waals surface area contributed by atoms with Crippen LogP contribution in [0.5, 0.6) is 0 Å². The normalized spacial score (nSPS) is 12.6. The van der Waals surface area contributed by atoms with Crippen LogP contribution in [0.15, 0.2) is 12.2 Å². The molecule has 0 aromatic heterocycles. The van der Waals surface area contributed by atoms with Gasteiger partial charge < -0.3 is 10.2 Å². The lowest BCUT2D eigenvalue weighted by atomic mass is 10.0. The molecule has 0 aliphatic rings. The molecule has 3 nitrogen and oxygen atoms in total. The van der Waals surface area contributed by atoms with Crippen molar-refractivity contribution in [2.45, 2.75) is 148 Å². The highest BCUT2D eigenvalue weighted by Gasteiger charge is 2.06. The molecule has 2 N–H and O–H groups in total. The highest BCUT2D eigenvalue weighted by molar-refractivity contribution is 5.66. The summed E-state index contributed by atoms with van der Waals surface area (Å²) in [5.41, 5.74) is 0. The van der Waals surface area contributed by atoms with Crippen molar-refractivity contribution in [2.24, 2.45) is 0 Å². The summed E-state index contributed by atoms with van der Waals surface area (Å²) < 4.78 is 0. The minimum atomic E-state index is -0.816. The molecular weight excluding hydrogens is 360 g/mol. The summed E-state index contributed by atoms with van der Waals surface area (Å²) in [6.45, 7) is 2.27. The van der Waals surface area contributed by atoms with Gasteiger partial charge in [0, 0.05) is 6.42 Å². The van der Waals surface area contributed by atoms with Gasteiger partial charge in [-0.2, -0.15) is 0 Å². The molecule has 0 aliphatic carbocycles. The minimum Gasteiger partial charge on any atom is -0.481 e. The van der Waals surface area contributed by atoms with Crippen LogP contribution in [0.25, 0.3) is 0 Å². The number of hydrogen-bond donors (Lipinski definition) is 2. The largest absolute Gasteiger partial charge is 0.481 e. The van der Waals surface area contributed by atoms with E-state index in [1.54, 1.807) is 0 Å². The third-order valence-corrected chi connectivity index (χ3v) is 5.74. The number of aliphatic hydroxyl groups is 1. The van der Waals surface area contributed by atoms with Gasteiger partial charge in [-0.1, -0.05) is 109 Å². The monoisotopic (exact) mass is 410 g/mol. The molecule has 0 spiro atoms. The van der Waals surface area contributed by atoms with Crippen molar-refractivity contribution in [2.75, 3.05) is 0 Å². The van der Waals surface area contributed by atoms with E-state index in [1.165, 1.54) is 103 Å². The lowest BCUT2D eigenvalue weighted by molar-refractivity contribution is -0.137. The molecule has 172 valence electrons. The summed E-state index contributed by atoms with van der Waals surface area (Å²) >= 11 is 0. The summed E-state index contributed by atoms with van der Waals surface area (Å²) in [6.07, 6.45) is 29.3. The van der Waals surface area contributed by atoms with E-state index in [-0.39, 0.29) is 6.42 Å². The van der Waals surface area contributed by atoms with Crippen LogP contribution in [-0.2, 0) is 4.79 Å². The fourth-order valence-corrected chi connectivity index (χ4v) is 3.77. The second-order valence-electron chi connectivity index (χ2n) is 8.73. The van der Waals surface area contributed by atoms with Crippen molar-refractivity contribution in [1.82, 2.24) is 0 Å². The quantitative estimate of drug-likeness (QED) is 0.132. The molecule has 29 heavy (non-hydrogen) atoms. The van der Waals surface area contributed by atoms with Gasteiger partial charge in [0.05, 0.1) is 6.10 Å². The third-order valence-electron chi connectivity index (χ3n) is 5.74. The maximum absolute atomic E-state index is 10.4. The van der Waals surface area contributed by atoms with Crippen molar-refractivity contribution in [1.29, 1.82) is 0 Å². The Labute approximate surface area is 181 Å². The molecule has 0 aromatic rings. The van der Waals surface area contributed by atoms with Gasteiger partial charge in [0.15, 0.2) is 0 Å². The van der Waals surface area contributed by atoms with Gasteiger partial charge in [-0.15, -0.1) is 0 Å². The maximum Gasteiger partial charge on any atom is 0.303 e. The van der Waals surface area contributed by atoms with E-state index in [4.69, 9.17) is 5.11 Å². The number of aliphatic carboxylic acids is 1. The highest BCUT2D eigenvalue weighted by Crippen LogP contribution is 2.14. The molecule has 0 aliphatic heterocycles. The molecule has 0 heterocycles. The van der Waals surface area contributed by atoms with Gasteiger partial charge in [0.2, 0.25) is 0 Å². The standard InChI is InChI=1S/C26H50O3/c1-2-3-4-5-6-7-8-9-10-11-12-13-14-15-16-17-18-19-20-21-22-25(27)23-24-26(28)29/h9-10,25,27H,2-8,11-24H2,1H3,(H,28,29)/b10-9-. The van der Waals surface area contributed by atoms with Crippen molar-refractivity contribution in [3.05, 3.63) is 12.2 Å². The van der Waals surface area contributed by atoms with Gasteiger partial charge >= 0.3 is 5.97 Å². The molecule has 0 radical (unpaired) electrons. The Hall–Kier alpha value is -0.830. The molecular formula is C26H50O3. The van der Waals surface area contributed by atoms with E-state index >= 15 is 0 Å². The summed E-state index contributed by atoms with van der Waals surface area (Å²) in [5.74, 6) is -0.816. The summed E-state index contributed by atoms with van der Waals surface area (Å²) in [7, 11) is 0. The SMILES string of the molecule is CCCCCCCC/C=C\CCCCCCCCCCCCC(O)CCC(=O)O. The Morgan fingerprint density at radius 3 is 1.52 bits per heavy atom. The first-order valence-corrected chi connectivity index (χ1v) is 12.7. The minimum absolute atomic E-state index is 0.0800. The van der Waals surface area contributed by atoms with Crippen molar-refractivity contribution in [3.63, 3.8) is 0 Å².